The molecular formula is C21H25N5O. The number of pyridine rings is 1. The molecule has 0 radical (unpaired) electrons. The number of carbonyl (C=O) groups excluding carboxylic acids is 1. The summed E-state index contributed by atoms with van der Waals surface area (Å²) in [6.45, 7) is 7.15. The number of aromatic nitrogens is 3. The number of aryl methyl sites for hydroxylation is 1. The van der Waals surface area contributed by atoms with E-state index >= 15 is 0 Å². The normalized spacial score (nSPS) is 15.8. The summed E-state index contributed by atoms with van der Waals surface area (Å²) in [4.78, 5) is 21.6. The van der Waals surface area contributed by atoms with Crippen LogP contribution < -0.4 is 0 Å². The lowest BCUT2D eigenvalue weighted by atomic mass is 10.1. The molecule has 1 fully saturated rings. The summed E-state index contributed by atoms with van der Waals surface area (Å²) >= 11 is 0. The zero-order valence-corrected chi connectivity index (χ0v) is 15.7. The lowest BCUT2D eigenvalue weighted by Gasteiger charge is -2.21. The Bertz CT molecular complexity index is 935. The van der Waals surface area contributed by atoms with Crippen LogP contribution in [0.1, 0.15) is 29.5 Å². The van der Waals surface area contributed by atoms with Crippen molar-refractivity contribution in [3.05, 3.63) is 60.2 Å². The molecule has 0 aliphatic carbocycles. The van der Waals surface area contributed by atoms with E-state index in [9.17, 15) is 4.79 Å². The zero-order chi connectivity index (χ0) is 18.6. The third-order valence-corrected chi connectivity index (χ3v) is 5.13. The fourth-order valence-electron chi connectivity index (χ4n) is 3.59. The monoisotopic (exact) mass is 363 g/mol. The predicted molar refractivity (Wildman–Crippen MR) is 105 cm³/mol. The molecule has 0 N–H and O–H groups in total. The van der Waals surface area contributed by atoms with Gasteiger partial charge in [-0.25, -0.2) is 0 Å². The van der Waals surface area contributed by atoms with Crippen LogP contribution in [0.25, 0.3) is 10.8 Å². The van der Waals surface area contributed by atoms with Crippen molar-refractivity contribution < 1.29 is 4.79 Å². The van der Waals surface area contributed by atoms with E-state index < -0.39 is 0 Å². The van der Waals surface area contributed by atoms with Crippen molar-refractivity contribution in [2.75, 3.05) is 26.2 Å². The molecular weight excluding hydrogens is 338 g/mol. The molecule has 1 aromatic carbocycles. The number of rotatable bonds is 4. The Kier molecular flexibility index (Phi) is 5.16. The third-order valence-electron chi connectivity index (χ3n) is 5.13. The summed E-state index contributed by atoms with van der Waals surface area (Å²) < 4.78 is 1.95. The van der Waals surface area contributed by atoms with Gasteiger partial charge in [0.15, 0.2) is 0 Å². The zero-order valence-electron chi connectivity index (χ0n) is 15.7. The van der Waals surface area contributed by atoms with Crippen LogP contribution in [0.2, 0.25) is 0 Å². The first kappa shape index (κ1) is 17.7. The van der Waals surface area contributed by atoms with E-state index in [2.05, 4.69) is 28.0 Å². The first-order valence-corrected chi connectivity index (χ1v) is 9.61. The number of hydrogen-bond acceptors (Lipinski definition) is 4. The molecule has 0 bridgehead atoms. The van der Waals surface area contributed by atoms with E-state index in [1.807, 2.05) is 46.1 Å². The predicted octanol–water partition coefficient (Wildman–Crippen LogP) is 2.80. The van der Waals surface area contributed by atoms with E-state index in [4.69, 9.17) is 0 Å². The van der Waals surface area contributed by atoms with Crippen molar-refractivity contribution in [1.29, 1.82) is 0 Å². The van der Waals surface area contributed by atoms with Crippen LogP contribution in [0, 0.1) is 0 Å². The minimum atomic E-state index is 0.0258. The highest BCUT2D eigenvalue weighted by Gasteiger charge is 2.21. The molecule has 6 heteroatoms. The van der Waals surface area contributed by atoms with Crippen molar-refractivity contribution in [3.63, 3.8) is 0 Å². The third kappa shape index (κ3) is 4.01. The molecule has 27 heavy (non-hydrogen) atoms. The number of hydrogen-bond donors (Lipinski definition) is 0. The topological polar surface area (TPSA) is 54.3 Å². The molecule has 1 aliphatic rings. The molecule has 1 amide bonds. The molecule has 1 saturated heterocycles. The second kappa shape index (κ2) is 7.88. The Labute approximate surface area is 159 Å². The van der Waals surface area contributed by atoms with Gasteiger partial charge in [-0.1, -0.05) is 24.3 Å². The maximum Gasteiger partial charge on any atom is 0.272 e. The minimum Gasteiger partial charge on any atom is -0.336 e. The number of nitrogens with zero attached hydrogens (tertiary/aromatic N) is 5. The van der Waals surface area contributed by atoms with Gasteiger partial charge in [0.05, 0.1) is 5.69 Å². The number of carbonyl (C=O) groups is 1. The Morgan fingerprint density at radius 2 is 1.93 bits per heavy atom. The second-order valence-corrected chi connectivity index (χ2v) is 7.00. The Hall–Kier alpha value is -2.73. The van der Waals surface area contributed by atoms with Gasteiger partial charge in [0.25, 0.3) is 5.91 Å². The maximum atomic E-state index is 12.9. The van der Waals surface area contributed by atoms with Crippen molar-refractivity contribution in [2.24, 2.45) is 0 Å². The minimum absolute atomic E-state index is 0.0258. The van der Waals surface area contributed by atoms with Gasteiger partial charge in [-0.3, -0.25) is 19.4 Å². The summed E-state index contributed by atoms with van der Waals surface area (Å²) in [6, 6.07) is 12.0. The summed E-state index contributed by atoms with van der Waals surface area (Å²) in [5, 5.41) is 6.68. The first-order valence-electron chi connectivity index (χ1n) is 9.61. The SMILES string of the molecule is CCn1ccc(CN2CCCN(C(=O)c3cc4ccccc4cn3)CC2)n1. The van der Waals surface area contributed by atoms with Gasteiger partial charge in [0.2, 0.25) is 0 Å². The highest BCUT2D eigenvalue weighted by Crippen LogP contribution is 2.16. The highest BCUT2D eigenvalue weighted by atomic mass is 16.2. The molecule has 1 aliphatic heterocycles. The lowest BCUT2D eigenvalue weighted by molar-refractivity contribution is 0.0755. The van der Waals surface area contributed by atoms with E-state index in [0.29, 0.717) is 5.69 Å². The van der Waals surface area contributed by atoms with Gasteiger partial charge in [0, 0.05) is 57.0 Å². The lowest BCUT2D eigenvalue weighted by Crippen LogP contribution is -2.35. The van der Waals surface area contributed by atoms with Gasteiger partial charge >= 0.3 is 0 Å². The van der Waals surface area contributed by atoms with Gasteiger partial charge in [-0.2, -0.15) is 5.10 Å². The number of fused-ring (bicyclic) bond motifs is 1. The summed E-state index contributed by atoms with van der Waals surface area (Å²) in [7, 11) is 0. The Balaban J connectivity index is 1.41. The van der Waals surface area contributed by atoms with Gasteiger partial charge in [-0.15, -0.1) is 0 Å². The molecule has 4 rings (SSSR count). The van der Waals surface area contributed by atoms with Crippen LogP contribution in [0.4, 0.5) is 0 Å². The van der Waals surface area contributed by atoms with Crippen molar-refractivity contribution in [3.8, 4) is 0 Å². The van der Waals surface area contributed by atoms with Crippen LogP contribution in [-0.2, 0) is 13.1 Å². The van der Waals surface area contributed by atoms with Crippen molar-refractivity contribution in [2.45, 2.75) is 26.4 Å². The van der Waals surface area contributed by atoms with E-state index in [1.165, 1.54) is 0 Å². The van der Waals surface area contributed by atoms with Crippen LogP contribution in [-0.4, -0.2) is 56.7 Å². The molecule has 6 nitrogen and oxygen atoms in total. The fraction of sp³-hybridized carbons (Fsp3) is 0.381. The first-order chi connectivity index (χ1) is 13.2. The highest BCUT2D eigenvalue weighted by molar-refractivity contribution is 5.96. The van der Waals surface area contributed by atoms with E-state index in [1.54, 1.807) is 6.20 Å². The molecule has 2 aromatic heterocycles. The summed E-state index contributed by atoms with van der Waals surface area (Å²) in [6.07, 6.45) is 4.78. The van der Waals surface area contributed by atoms with Crippen LogP contribution in [0.15, 0.2) is 48.8 Å². The summed E-state index contributed by atoms with van der Waals surface area (Å²) in [5.74, 6) is 0.0258. The van der Waals surface area contributed by atoms with Crippen LogP contribution >= 0.6 is 0 Å². The molecule has 0 unspecified atom stereocenters. The molecule has 0 saturated carbocycles. The number of benzene rings is 1. The van der Waals surface area contributed by atoms with Gasteiger partial charge < -0.3 is 4.90 Å². The molecule has 3 aromatic rings. The molecule has 140 valence electrons. The quantitative estimate of drug-likeness (QED) is 0.715. The van der Waals surface area contributed by atoms with Gasteiger partial charge in [-0.05, 0) is 30.9 Å². The molecule has 0 atom stereocenters. The van der Waals surface area contributed by atoms with Crippen LogP contribution in [0.5, 0.6) is 0 Å². The smallest absolute Gasteiger partial charge is 0.272 e. The average Bonchev–Trinajstić information content (AvgIpc) is 3.04. The van der Waals surface area contributed by atoms with E-state index in [0.717, 1.165) is 62.2 Å². The van der Waals surface area contributed by atoms with Crippen molar-refractivity contribution in [1.82, 2.24) is 24.6 Å². The van der Waals surface area contributed by atoms with E-state index in [-0.39, 0.29) is 5.91 Å². The average molecular weight is 363 g/mol. The summed E-state index contributed by atoms with van der Waals surface area (Å²) in [5.41, 5.74) is 1.62. The fourth-order valence-corrected chi connectivity index (χ4v) is 3.59. The molecule has 3 heterocycles. The maximum absolute atomic E-state index is 12.9. The van der Waals surface area contributed by atoms with Crippen molar-refractivity contribution >= 4 is 16.7 Å². The van der Waals surface area contributed by atoms with Crippen LogP contribution in [0.3, 0.4) is 0 Å². The largest absolute Gasteiger partial charge is 0.336 e. The number of amides is 1. The van der Waals surface area contributed by atoms with Gasteiger partial charge in [0.1, 0.15) is 5.69 Å². The molecule has 0 spiro atoms. The standard InChI is InChI=1S/C21H25N5O/c1-2-26-11-8-19(23-26)16-24-9-5-10-25(13-12-24)21(27)20-14-17-6-3-4-7-18(17)15-22-20/h3-4,6-8,11,14-15H,2,5,9-10,12-13,16H2,1H3. The Morgan fingerprint density at radius 3 is 2.74 bits per heavy atom. The second-order valence-electron chi connectivity index (χ2n) is 7.00. The Morgan fingerprint density at radius 1 is 1.07 bits per heavy atom.